The summed E-state index contributed by atoms with van der Waals surface area (Å²) in [6.07, 6.45) is 1.75. The van der Waals surface area contributed by atoms with Crippen LogP contribution in [0, 0.1) is 0 Å². The van der Waals surface area contributed by atoms with Crippen LogP contribution < -0.4 is 16.6 Å². The van der Waals surface area contributed by atoms with E-state index in [0.717, 1.165) is 43.2 Å². The highest BCUT2D eigenvalue weighted by Gasteiger charge is 2.28. The summed E-state index contributed by atoms with van der Waals surface area (Å²) < 4.78 is 6.37. The number of nitrogens with zero attached hydrogens (tertiary/aromatic N) is 4. The lowest BCUT2D eigenvalue weighted by Crippen LogP contribution is -2.55. The zero-order chi connectivity index (χ0) is 18.4. The van der Waals surface area contributed by atoms with Crippen molar-refractivity contribution in [2.45, 2.75) is 19.9 Å². The molecule has 1 aromatic heterocycles. The number of hydrogen-bond donors (Lipinski definition) is 2. The summed E-state index contributed by atoms with van der Waals surface area (Å²) >= 11 is 5.85. The first kappa shape index (κ1) is 19.4. The average molecular weight is 369 g/mol. The Morgan fingerprint density at radius 3 is 2.88 bits per heavy atom. The number of nitrogens with one attached hydrogen (secondary N) is 1. The minimum absolute atomic E-state index is 0.168. The molecule has 0 spiro atoms. The van der Waals surface area contributed by atoms with E-state index < -0.39 is 0 Å². The van der Waals surface area contributed by atoms with E-state index in [1.165, 1.54) is 13.1 Å². The van der Waals surface area contributed by atoms with Gasteiger partial charge in [0, 0.05) is 44.5 Å². The van der Waals surface area contributed by atoms with Crippen LogP contribution in [0.5, 0.6) is 0 Å². The van der Waals surface area contributed by atoms with Crippen LogP contribution in [0.15, 0.2) is 27.6 Å². The van der Waals surface area contributed by atoms with Gasteiger partial charge in [-0.05, 0) is 0 Å². The molecule has 2 aliphatic heterocycles. The lowest BCUT2D eigenvalue weighted by atomic mass is 10.1. The molecule has 2 aliphatic rings. The summed E-state index contributed by atoms with van der Waals surface area (Å²) in [6.45, 7) is 8.14. The highest BCUT2D eigenvalue weighted by atomic mass is 35.5. The van der Waals surface area contributed by atoms with Gasteiger partial charge in [0.05, 0.1) is 19.3 Å². The quantitative estimate of drug-likeness (QED) is 0.600. The summed E-state index contributed by atoms with van der Waals surface area (Å²) in [5, 5.41) is 7.31. The highest BCUT2D eigenvalue weighted by Crippen LogP contribution is 2.14. The molecule has 0 aromatic carbocycles. The fourth-order valence-electron chi connectivity index (χ4n) is 2.54. The normalized spacial score (nSPS) is 20.5. The Morgan fingerprint density at radius 1 is 1.52 bits per heavy atom. The van der Waals surface area contributed by atoms with Crippen molar-refractivity contribution in [3.05, 3.63) is 33.3 Å². The monoisotopic (exact) mass is 368 g/mol. The maximum Gasteiger partial charge on any atom is 0.292 e. The van der Waals surface area contributed by atoms with Gasteiger partial charge >= 0.3 is 0 Å². The zero-order valence-corrected chi connectivity index (χ0v) is 15.6. The van der Waals surface area contributed by atoms with Gasteiger partial charge in [0.15, 0.2) is 5.15 Å². The van der Waals surface area contributed by atoms with Crippen LogP contribution in [0.25, 0.3) is 0 Å². The predicted octanol–water partition coefficient (Wildman–Crippen LogP) is 0.637. The molecule has 0 unspecified atom stereocenters. The maximum atomic E-state index is 12.0. The Morgan fingerprint density at radius 2 is 2.24 bits per heavy atom. The summed E-state index contributed by atoms with van der Waals surface area (Å²) in [7, 11) is 1.52. The number of nitrogens with two attached hydrogens (primary N) is 1. The molecule has 9 heteroatoms. The van der Waals surface area contributed by atoms with E-state index in [4.69, 9.17) is 22.1 Å². The van der Waals surface area contributed by atoms with Gasteiger partial charge < -0.3 is 15.8 Å². The standard InChI is InChI=1S/C14H19ClN6O2.C2H6/c1-20-14(22)11(5-12(15)19-20)18-13(16)4-9-6-21(3-2-17-9)10-7-23-8-10;1-2/h4-5,10,17H,2-3,6-8H2,1H3,(H2,16,18);1-2H3/b9-4-;. The fourth-order valence-corrected chi connectivity index (χ4v) is 2.76. The van der Waals surface area contributed by atoms with Crippen molar-refractivity contribution in [1.29, 1.82) is 0 Å². The van der Waals surface area contributed by atoms with Crippen LogP contribution in [0.3, 0.4) is 0 Å². The van der Waals surface area contributed by atoms with Crippen molar-refractivity contribution < 1.29 is 4.74 Å². The van der Waals surface area contributed by atoms with Gasteiger partial charge in [-0.3, -0.25) is 9.69 Å². The SMILES string of the molecule is CC.Cn1nc(Cl)cc(N=C(N)/C=C2/CN(C3COC3)CCN2)c1=O. The van der Waals surface area contributed by atoms with Crippen molar-refractivity contribution in [2.24, 2.45) is 17.8 Å². The van der Waals surface area contributed by atoms with Crippen LogP contribution in [0.1, 0.15) is 13.8 Å². The summed E-state index contributed by atoms with van der Waals surface area (Å²) in [5.41, 5.74) is 6.75. The van der Waals surface area contributed by atoms with E-state index in [0.29, 0.717) is 6.04 Å². The second kappa shape index (κ2) is 8.98. The number of aryl methyl sites for hydroxylation is 1. The van der Waals surface area contributed by atoms with Crippen molar-refractivity contribution in [3.63, 3.8) is 0 Å². The Kier molecular flexibility index (Phi) is 6.98. The molecule has 0 atom stereocenters. The van der Waals surface area contributed by atoms with E-state index in [1.807, 2.05) is 13.8 Å². The second-order valence-electron chi connectivity index (χ2n) is 5.58. The predicted molar refractivity (Wildman–Crippen MR) is 99.4 cm³/mol. The Bertz CT molecular complexity index is 711. The van der Waals surface area contributed by atoms with E-state index in [9.17, 15) is 4.79 Å². The average Bonchev–Trinajstić information content (AvgIpc) is 2.53. The number of rotatable bonds is 3. The summed E-state index contributed by atoms with van der Waals surface area (Å²) in [5.74, 6) is 0.249. The van der Waals surface area contributed by atoms with Crippen LogP contribution >= 0.6 is 11.6 Å². The van der Waals surface area contributed by atoms with Gasteiger partial charge in [-0.25, -0.2) is 9.67 Å². The summed E-state index contributed by atoms with van der Waals surface area (Å²) in [6, 6.07) is 1.88. The number of halogens is 1. The molecule has 0 aliphatic carbocycles. The van der Waals surface area contributed by atoms with Crippen molar-refractivity contribution in [2.75, 3.05) is 32.8 Å². The second-order valence-corrected chi connectivity index (χ2v) is 5.96. The first-order valence-electron chi connectivity index (χ1n) is 8.37. The number of amidine groups is 1. The van der Waals surface area contributed by atoms with Gasteiger partial charge in [-0.2, -0.15) is 5.10 Å². The van der Waals surface area contributed by atoms with Crippen molar-refractivity contribution in [1.82, 2.24) is 20.0 Å². The fraction of sp³-hybridized carbons (Fsp3) is 0.562. The largest absolute Gasteiger partial charge is 0.386 e. The molecule has 0 radical (unpaired) electrons. The topological polar surface area (TPSA) is 97.8 Å². The molecule has 2 fully saturated rings. The molecular weight excluding hydrogens is 344 g/mol. The Balaban J connectivity index is 0.00000109. The molecular formula is C16H25ClN6O2. The minimum atomic E-state index is -0.347. The van der Waals surface area contributed by atoms with E-state index in [1.54, 1.807) is 6.08 Å². The van der Waals surface area contributed by atoms with Crippen LogP contribution in [0.4, 0.5) is 5.69 Å². The zero-order valence-electron chi connectivity index (χ0n) is 14.8. The van der Waals surface area contributed by atoms with Crippen LogP contribution in [0.2, 0.25) is 5.15 Å². The van der Waals surface area contributed by atoms with Gasteiger partial charge in [-0.15, -0.1) is 0 Å². The molecule has 25 heavy (non-hydrogen) atoms. The van der Waals surface area contributed by atoms with Crippen molar-refractivity contribution in [3.8, 4) is 0 Å². The molecule has 3 rings (SSSR count). The van der Waals surface area contributed by atoms with Gasteiger partial charge in [0.1, 0.15) is 11.5 Å². The molecule has 138 valence electrons. The number of aliphatic imine (C=N–C) groups is 1. The molecule has 8 nitrogen and oxygen atoms in total. The minimum Gasteiger partial charge on any atom is -0.386 e. The molecule has 3 N–H and O–H groups in total. The first-order chi connectivity index (χ1) is 12.0. The number of piperazine rings is 1. The summed E-state index contributed by atoms with van der Waals surface area (Å²) in [4.78, 5) is 18.5. The molecule has 0 bridgehead atoms. The molecule has 0 amide bonds. The van der Waals surface area contributed by atoms with Crippen molar-refractivity contribution >= 4 is 23.1 Å². The highest BCUT2D eigenvalue weighted by molar-refractivity contribution is 6.29. The van der Waals surface area contributed by atoms with Crippen LogP contribution in [-0.4, -0.2) is 59.4 Å². The van der Waals surface area contributed by atoms with E-state index in [2.05, 4.69) is 20.3 Å². The molecule has 0 saturated carbocycles. The third kappa shape index (κ3) is 5.04. The Hall–Kier alpha value is -1.90. The lowest BCUT2D eigenvalue weighted by molar-refractivity contribution is -0.0644. The number of aromatic nitrogens is 2. The molecule has 1 aromatic rings. The number of ether oxygens (including phenoxy) is 1. The third-order valence-corrected chi connectivity index (χ3v) is 4.03. The third-order valence-electron chi connectivity index (χ3n) is 3.85. The first-order valence-corrected chi connectivity index (χ1v) is 8.75. The number of hydrogen-bond acceptors (Lipinski definition) is 6. The van der Waals surface area contributed by atoms with Gasteiger partial charge in [0.25, 0.3) is 5.56 Å². The Labute approximate surface area is 152 Å². The maximum absolute atomic E-state index is 12.0. The lowest BCUT2D eigenvalue weighted by Gasteiger charge is -2.40. The van der Waals surface area contributed by atoms with Gasteiger partial charge in [-0.1, -0.05) is 25.4 Å². The van der Waals surface area contributed by atoms with Gasteiger partial charge in [0.2, 0.25) is 0 Å². The van der Waals surface area contributed by atoms with Crippen LogP contribution in [-0.2, 0) is 11.8 Å². The smallest absolute Gasteiger partial charge is 0.292 e. The molecule has 2 saturated heterocycles. The molecule has 3 heterocycles. The van der Waals surface area contributed by atoms with E-state index >= 15 is 0 Å². The van der Waals surface area contributed by atoms with E-state index in [-0.39, 0.29) is 22.2 Å².